The number of rotatable bonds is 6. The molecule has 0 saturated heterocycles. The zero-order chi connectivity index (χ0) is 10.5. The van der Waals surface area contributed by atoms with Gasteiger partial charge in [-0.1, -0.05) is 22.9 Å². The monoisotopic (exact) mass is 252 g/mol. The van der Waals surface area contributed by atoms with Crippen molar-refractivity contribution in [2.45, 2.75) is 26.2 Å². The number of carbonyl (C=O) groups is 2. The smallest absolute Gasteiger partial charge is 0.321 e. The van der Waals surface area contributed by atoms with Gasteiger partial charge in [0.25, 0.3) is 0 Å². The molecule has 0 unspecified atom stereocenters. The van der Waals surface area contributed by atoms with Crippen molar-refractivity contribution in [3.05, 3.63) is 0 Å². The summed E-state index contributed by atoms with van der Waals surface area (Å²) in [5, 5.41) is 18.3. The highest BCUT2D eigenvalue weighted by Crippen LogP contribution is 2.29. The molecule has 0 aliphatic heterocycles. The van der Waals surface area contributed by atoms with Crippen molar-refractivity contribution >= 4 is 27.9 Å². The Balaban J connectivity index is 4.66. The minimum atomic E-state index is -1.60. The zero-order valence-electron chi connectivity index (χ0n) is 7.42. The van der Waals surface area contributed by atoms with Crippen molar-refractivity contribution in [3.8, 4) is 0 Å². The lowest BCUT2D eigenvalue weighted by Gasteiger charge is -2.22. The molecule has 76 valence electrons. The number of alkyl halides is 1. The van der Waals surface area contributed by atoms with E-state index in [0.29, 0.717) is 11.8 Å². The van der Waals surface area contributed by atoms with Crippen LogP contribution >= 0.6 is 15.9 Å². The lowest BCUT2D eigenvalue weighted by Crippen LogP contribution is -2.38. The van der Waals surface area contributed by atoms with Gasteiger partial charge in [-0.3, -0.25) is 9.59 Å². The summed E-state index contributed by atoms with van der Waals surface area (Å²) in [5.41, 5.74) is -1.60. The fourth-order valence-electron chi connectivity index (χ4n) is 1.15. The highest BCUT2D eigenvalue weighted by Gasteiger charge is 2.43. The molecule has 0 atom stereocenters. The maximum atomic E-state index is 10.8. The highest BCUT2D eigenvalue weighted by molar-refractivity contribution is 9.09. The average Bonchev–Trinajstić information content (AvgIpc) is 2.05. The molecule has 0 aromatic rings. The Hall–Kier alpha value is -0.580. The second kappa shape index (κ2) is 5.21. The second-order valence-electron chi connectivity index (χ2n) is 2.84. The lowest BCUT2D eigenvalue weighted by molar-refractivity contribution is -0.165. The lowest BCUT2D eigenvalue weighted by atomic mass is 9.81. The van der Waals surface area contributed by atoms with Gasteiger partial charge < -0.3 is 10.2 Å². The Morgan fingerprint density at radius 2 is 1.77 bits per heavy atom. The number of carboxylic acid groups (broad SMARTS) is 2. The van der Waals surface area contributed by atoms with E-state index in [0.717, 1.165) is 0 Å². The van der Waals surface area contributed by atoms with E-state index in [2.05, 4.69) is 15.9 Å². The van der Waals surface area contributed by atoms with Gasteiger partial charge in [0.05, 0.1) is 0 Å². The van der Waals surface area contributed by atoms with E-state index in [4.69, 9.17) is 10.2 Å². The molecular weight excluding hydrogens is 240 g/mol. The summed E-state index contributed by atoms with van der Waals surface area (Å²) in [4.78, 5) is 21.6. The van der Waals surface area contributed by atoms with Gasteiger partial charge in [0.1, 0.15) is 0 Å². The number of carboxylic acids is 2. The van der Waals surface area contributed by atoms with Gasteiger partial charge in [0.2, 0.25) is 0 Å². The molecule has 0 bridgehead atoms. The van der Waals surface area contributed by atoms with Crippen LogP contribution in [0.4, 0.5) is 0 Å². The van der Waals surface area contributed by atoms with Gasteiger partial charge in [0, 0.05) is 5.33 Å². The van der Waals surface area contributed by atoms with E-state index in [1.54, 1.807) is 6.92 Å². The van der Waals surface area contributed by atoms with E-state index in [9.17, 15) is 9.59 Å². The molecule has 0 aliphatic carbocycles. The summed E-state index contributed by atoms with van der Waals surface area (Å²) in [6.07, 6.45) is 0.830. The quantitative estimate of drug-likeness (QED) is 0.558. The summed E-state index contributed by atoms with van der Waals surface area (Å²) < 4.78 is 0. The van der Waals surface area contributed by atoms with Crippen molar-refractivity contribution in [2.24, 2.45) is 5.41 Å². The summed E-state index contributed by atoms with van der Waals surface area (Å²) >= 11 is 3.14. The molecule has 0 radical (unpaired) electrons. The Labute approximate surface area is 85.1 Å². The first-order valence-corrected chi connectivity index (χ1v) is 5.16. The number of aliphatic carboxylic acids is 2. The predicted octanol–water partition coefficient (Wildman–Crippen LogP) is 1.73. The first-order valence-electron chi connectivity index (χ1n) is 4.04. The molecule has 0 amide bonds. The van der Waals surface area contributed by atoms with Gasteiger partial charge in [0.15, 0.2) is 5.41 Å². The first-order chi connectivity index (χ1) is 6.01. The Bertz CT molecular complexity index is 188. The topological polar surface area (TPSA) is 74.6 Å². The number of hydrogen-bond donors (Lipinski definition) is 2. The second-order valence-corrected chi connectivity index (χ2v) is 3.63. The standard InChI is InChI=1S/C8H13BrO4/c1-2-8(6(10)11,7(12)13)4-3-5-9/h2-5H2,1H3,(H,10,11)(H,12,13). The third kappa shape index (κ3) is 2.69. The molecule has 0 saturated carbocycles. The van der Waals surface area contributed by atoms with Crippen molar-refractivity contribution in [1.82, 2.24) is 0 Å². The maximum absolute atomic E-state index is 10.8. The fourth-order valence-corrected chi connectivity index (χ4v) is 1.43. The highest BCUT2D eigenvalue weighted by atomic mass is 79.9. The van der Waals surface area contributed by atoms with Crippen LogP contribution in [0.1, 0.15) is 26.2 Å². The van der Waals surface area contributed by atoms with Gasteiger partial charge in [-0.15, -0.1) is 0 Å². The van der Waals surface area contributed by atoms with Crippen molar-refractivity contribution < 1.29 is 19.8 Å². The molecule has 0 aliphatic rings. The van der Waals surface area contributed by atoms with Crippen molar-refractivity contribution in [3.63, 3.8) is 0 Å². The molecule has 0 rings (SSSR count). The van der Waals surface area contributed by atoms with Crippen LogP contribution in [0.15, 0.2) is 0 Å². The molecule has 0 fully saturated rings. The van der Waals surface area contributed by atoms with E-state index in [1.807, 2.05) is 0 Å². The van der Waals surface area contributed by atoms with Gasteiger partial charge in [-0.25, -0.2) is 0 Å². The SMILES string of the molecule is CCC(CCCBr)(C(=O)O)C(=O)O. The van der Waals surface area contributed by atoms with Crippen LogP contribution in [0.25, 0.3) is 0 Å². The van der Waals surface area contributed by atoms with Crippen molar-refractivity contribution in [1.29, 1.82) is 0 Å². The van der Waals surface area contributed by atoms with Crippen LogP contribution in [0.2, 0.25) is 0 Å². The minimum Gasteiger partial charge on any atom is -0.480 e. The molecule has 2 N–H and O–H groups in total. The third-order valence-corrected chi connectivity index (χ3v) is 2.72. The molecule has 0 aromatic carbocycles. The minimum absolute atomic E-state index is 0.116. The Morgan fingerprint density at radius 3 is 2.00 bits per heavy atom. The normalized spacial score (nSPS) is 11.2. The molecule has 4 nitrogen and oxygen atoms in total. The summed E-state index contributed by atoms with van der Waals surface area (Å²) in [6, 6.07) is 0. The van der Waals surface area contributed by atoms with E-state index in [-0.39, 0.29) is 12.8 Å². The van der Waals surface area contributed by atoms with Crippen LogP contribution in [-0.2, 0) is 9.59 Å². The number of hydrogen-bond acceptors (Lipinski definition) is 2. The van der Waals surface area contributed by atoms with Crippen LogP contribution in [0.3, 0.4) is 0 Å². The molecule has 0 heterocycles. The average molecular weight is 253 g/mol. The van der Waals surface area contributed by atoms with Gasteiger partial charge in [-0.05, 0) is 19.3 Å². The van der Waals surface area contributed by atoms with Crippen molar-refractivity contribution in [2.75, 3.05) is 5.33 Å². The fraction of sp³-hybridized carbons (Fsp3) is 0.750. The van der Waals surface area contributed by atoms with E-state index < -0.39 is 17.4 Å². The predicted molar refractivity (Wildman–Crippen MR) is 51.0 cm³/mol. The largest absolute Gasteiger partial charge is 0.480 e. The Kier molecular flexibility index (Phi) is 4.98. The van der Waals surface area contributed by atoms with Crippen LogP contribution in [0.5, 0.6) is 0 Å². The molecular formula is C8H13BrO4. The maximum Gasteiger partial charge on any atom is 0.321 e. The van der Waals surface area contributed by atoms with Crippen LogP contribution < -0.4 is 0 Å². The first kappa shape index (κ1) is 12.4. The summed E-state index contributed by atoms with van der Waals surface area (Å²) in [7, 11) is 0. The van der Waals surface area contributed by atoms with Crippen LogP contribution in [0, 0.1) is 5.41 Å². The van der Waals surface area contributed by atoms with Gasteiger partial charge in [-0.2, -0.15) is 0 Å². The van der Waals surface area contributed by atoms with Gasteiger partial charge >= 0.3 is 11.9 Å². The molecule has 13 heavy (non-hydrogen) atoms. The van der Waals surface area contributed by atoms with Crippen LogP contribution in [-0.4, -0.2) is 27.5 Å². The van der Waals surface area contributed by atoms with E-state index in [1.165, 1.54) is 0 Å². The molecule has 0 spiro atoms. The molecule has 5 heteroatoms. The number of halogens is 1. The summed E-state index contributed by atoms with van der Waals surface area (Å²) in [5.74, 6) is -2.49. The third-order valence-electron chi connectivity index (χ3n) is 2.16. The van der Waals surface area contributed by atoms with E-state index >= 15 is 0 Å². The zero-order valence-corrected chi connectivity index (χ0v) is 9.00. The summed E-state index contributed by atoms with van der Waals surface area (Å²) in [6.45, 7) is 1.58. The molecule has 0 aromatic heterocycles. The Morgan fingerprint density at radius 1 is 1.31 bits per heavy atom.